The van der Waals surface area contributed by atoms with Gasteiger partial charge in [-0.3, -0.25) is 0 Å². The Hall–Kier alpha value is -1.38. The summed E-state index contributed by atoms with van der Waals surface area (Å²) in [5, 5.41) is 3.69. The molecular weight excluding hydrogens is 249 g/mol. The highest BCUT2D eigenvalue weighted by Gasteiger charge is 2.09. The van der Waals surface area contributed by atoms with Gasteiger partial charge < -0.3 is 5.32 Å². The minimum atomic E-state index is -0.273. The fourth-order valence-corrected chi connectivity index (χ4v) is 2.25. The van der Waals surface area contributed by atoms with Crippen molar-refractivity contribution in [1.29, 1.82) is 0 Å². The molecule has 0 aliphatic carbocycles. The van der Waals surface area contributed by atoms with E-state index in [-0.39, 0.29) is 5.82 Å². The Bertz CT molecular complexity index is 566. The summed E-state index contributed by atoms with van der Waals surface area (Å²) in [5.41, 5.74) is 4.00. The predicted octanol–water partition coefficient (Wildman–Crippen LogP) is 4.17. The summed E-state index contributed by atoms with van der Waals surface area (Å²) in [6.45, 7) is 2.76. The van der Waals surface area contributed by atoms with E-state index >= 15 is 0 Å². The summed E-state index contributed by atoms with van der Waals surface area (Å²) in [5.74, 6) is -0.273. The smallest absolute Gasteiger partial charge is 0.123 e. The topological polar surface area (TPSA) is 12.0 Å². The van der Waals surface area contributed by atoms with Crippen molar-refractivity contribution in [3.8, 4) is 11.1 Å². The highest BCUT2D eigenvalue weighted by molar-refractivity contribution is 6.33. The molecule has 0 saturated heterocycles. The first-order valence-electron chi connectivity index (χ1n) is 5.81. The molecule has 0 bridgehead atoms. The molecule has 2 aromatic rings. The molecular formula is C15H15ClFN. The summed E-state index contributed by atoms with van der Waals surface area (Å²) in [6.07, 6.45) is 0. The number of aryl methyl sites for hydroxylation is 1. The minimum absolute atomic E-state index is 0.273. The van der Waals surface area contributed by atoms with Crippen LogP contribution in [-0.2, 0) is 6.54 Å². The van der Waals surface area contributed by atoms with Gasteiger partial charge in [0.1, 0.15) is 5.82 Å². The predicted molar refractivity (Wildman–Crippen MR) is 74.3 cm³/mol. The van der Waals surface area contributed by atoms with Crippen molar-refractivity contribution in [3.63, 3.8) is 0 Å². The zero-order valence-corrected chi connectivity index (χ0v) is 11.2. The monoisotopic (exact) mass is 263 g/mol. The first kappa shape index (κ1) is 13.1. The molecule has 1 N–H and O–H groups in total. The Kier molecular flexibility index (Phi) is 4.00. The Morgan fingerprint density at radius 1 is 1.11 bits per heavy atom. The van der Waals surface area contributed by atoms with Crippen molar-refractivity contribution in [2.24, 2.45) is 0 Å². The van der Waals surface area contributed by atoms with Gasteiger partial charge in [-0.15, -0.1) is 0 Å². The third kappa shape index (κ3) is 2.71. The second-order valence-corrected chi connectivity index (χ2v) is 4.72. The van der Waals surface area contributed by atoms with Crippen molar-refractivity contribution in [1.82, 2.24) is 5.32 Å². The van der Waals surface area contributed by atoms with Crippen LogP contribution in [0.1, 0.15) is 11.1 Å². The fraction of sp³-hybridized carbons (Fsp3) is 0.200. The lowest BCUT2D eigenvalue weighted by molar-refractivity contribution is 0.628. The average molecular weight is 264 g/mol. The van der Waals surface area contributed by atoms with Gasteiger partial charge in [0.05, 0.1) is 0 Å². The zero-order valence-electron chi connectivity index (χ0n) is 10.4. The third-order valence-electron chi connectivity index (χ3n) is 2.85. The fourth-order valence-electron chi connectivity index (χ4n) is 2.03. The van der Waals surface area contributed by atoms with Gasteiger partial charge in [0.25, 0.3) is 0 Å². The van der Waals surface area contributed by atoms with Crippen LogP contribution in [0.2, 0.25) is 5.02 Å². The van der Waals surface area contributed by atoms with Crippen LogP contribution in [0.4, 0.5) is 4.39 Å². The second-order valence-electron chi connectivity index (χ2n) is 4.32. The van der Waals surface area contributed by atoms with E-state index in [4.69, 9.17) is 11.6 Å². The van der Waals surface area contributed by atoms with Crippen LogP contribution < -0.4 is 5.32 Å². The van der Waals surface area contributed by atoms with Gasteiger partial charge in [-0.1, -0.05) is 35.4 Å². The van der Waals surface area contributed by atoms with Gasteiger partial charge >= 0.3 is 0 Å². The maximum Gasteiger partial charge on any atom is 0.123 e. The van der Waals surface area contributed by atoms with Gasteiger partial charge in [-0.05, 0) is 43.3 Å². The third-order valence-corrected chi connectivity index (χ3v) is 3.18. The molecule has 2 aromatic carbocycles. The number of halogens is 2. The largest absolute Gasteiger partial charge is 0.316 e. The molecule has 0 aliphatic heterocycles. The van der Waals surface area contributed by atoms with Crippen LogP contribution in [0.15, 0.2) is 36.4 Å². The lowest BCUT2D eigenvalue weighted by atomic mass is 9.97. The lowest BCUT2D eigenvalue weighted by Crippen LogP contribution is -2.06. The Labute approximate surface area is 112 Å². The van der Waals surface area contributed by atoms with Gasteiger partial charge in [0.2, 0.25) is 0 Å². The van der Waals surface area contributed by atoms with E-state index in [1.807, 2.05) is 26.1 Å². The molecule has 0 fully saturated rings. The van der Waals surface area contributed by atoms with E-state index < -0.39 is 0 Å². The molecule has 0 saturated carbocycles. The molecule has 0 unspecified atom stereocenters. The lowest BCUT2D eigenvalue weighted by Gasteiger charge is -2.12. The molecule has 94 valence electrons. The molecule has 1 nitrogen and oxygen atoms in total. The first-order chi connectivity index (χ1) is 8.61. The number of rotatable bonds is 3. The first-order valence-corrected chi connectivity index (χ1v) is 6.19. The summed E-state index contributed by atoms with van der Waals surface area (Å²) in [6, 6.07) is 10.5. The van der Waals surface area contributed by atoms with Crippen LogP contribution in [0.3, 0.4) is 0 Å². The highest BCUT2D eigenvalue weighted by atomic mass is 35.5. The molecule has 0 amide bonds. The summed E-state index contributed by atoms with van der Waals surface area (Å²) in [7, 11) is 1.89. The quantitative estimate of drug-likeness (QED) is 0.876. The molecule has 3 heteroatoms. The van der Waals surface area contributed by atoms with E-state index in [0.717, 1.165) is 23.2 Å². The van der Waals surface area contributed by atoms with Crippen LogP contribution >= 0.6 is 11.6 Å². The number of nitrogens with one attached hydrogen (secondary N) is 1. The maximum atomic E-state index is 13.4. The molecule has 18 heavy (non-hydrogen) atoms. The van der Waals surface area contributed by atoms with Gasteiger partial charge in [0.15, 0.2) is 0 Å². The van der Waals surface area contributed by atoms with Crippen LogP contribution in [0, 0.1) is 12.7 Å². The van der Waals surface area contributed by atoms with Crippen LogP contribution in [0.5, 0.6) is 0 Å². The zero-order chi connectivity index (χ0) is 13.1. The molecule has 0 heterocycles. The summed E-state index contributed by atoms with van der Waals surface area (Å²) in [4.78, 5) is 0. The number of benzene rings is 2. The Balaban J connectivity index is 2.58. The minimum Gasteiger partial charge on any atom is -0.316 e. The van der Waals surface area contributed by atoms with E-state index in [2.05, 4.69) is 11.4 Å². The SMILES string of the molecule is CNCc1cc(C)ccc1-c1cc(F)ccc1Cl. The van der Waals surface area contributed by atoms with Gasteiger partial charge in [0, 0.05) is 17.1 Å². The van der Waals surface area contributed by atoms with Crippen molar-refractivity contribution in [2.45, 2.75) is 13.5 Å². The van der Waals surface area contributed by atoms with Crippen LogP contribution in [0.25, 0.3) is 11.1 Å². The average Bonchev–Trinajstić information content (AvgIpc) is 2.33. The molecule has 0 aromatic heterocycles. The second kappa shape index (κ2) is 5.51. The normalized spacial score (nSPS) is 10.7. The van der Waals surface area contributed by atoms with Crippen molar-refractivity contribution in [2.75, 3.05) is 7.05 Å². The van der Waals surface area contributed by atoms with Crippen molar-refractivity contribution >= 4 is 11.6 Å². The molecule has 0 spiro atoms. The Morgan fingerprint density at radius 2 is 1.89 bits per heavy atom. The van der Waals surface area contributed by atoms with E-state index in [1.54, 1.807) is 6.07 Å². The molecule has 0 radical (unpaired) electrons. The Morgan fingerprint density at radius 3 is 2.61 bits per heavy atom. The standard InChI is InChI=1S/C15H15ClFN/c1-10-3-5-13(11(7-10)9-18-2)14-8-12(17)4-6-15(14)16/h3-8,18H,9H2,1-2H3. The molecule has 2 rings (SSSR count). The summed E-state index contributed by atoms with van der Waals surface area (Å²) >= 11 is 6.16. The van der Waals surface area contributed by atoms with Crippen molar-refractivity contribution < 1.29 is 4.39 Å². The van der Waals surface area contributed by atoms with Gasteiger partial charge in [-0.25, -0.2) is 4.39 Å². The van der Waals surface area contributed by atoms with Gasteiger partial charge in [-0.2, -0.15) is 0 Å². The van der Waals surface area contributed by atoms with Crippen LogP contribution in [-0.4, -0.2) is 7.05 Å². The molecule has 0 atom stereocenters. The molecule has 0 aliphatic rings. The van der Waals surface area contributed by atoms with E-state index in [9.17, 15) is 4.39 Å². The summed E-state index contributed by atoms with van der Waals surface area (Å²) < 4.78 is 13.4. The van der Waals surface area contributed by atoms with E-state index in [0.29, 0.717) is 5.02 Å². The highest BCUT2D eigenvalue weighted by Crippen LogP contribution is 2.31. The number of hydrogen-bond donors (Lipinski definition) is 1. The van der Waals surface area contributed by atoms with E-state index in [1.165, 1.54) is 17.7 Å². The maximum absolute atomic E-state index is 13.4. The number of hydrogen-bond acceptors (Lipinski definition) is 1. The van der Waals surface area contributed by atoms with Crippen molar-refractivity contribution in [3.05, 3.63) is 58.4 Å².